The number of aromatic nitrogens is 1. The Labute approximate surface area is 141 Å². The zero-order valence-electron chi connectivity index (χ0n) is 14.1. The number of carbonyl (C=O) groups is 1. The van der Waals surface area contributed by atoms with Crippen LogP contribution < -0.4 is 14.4 Å². The van der Waals surface area contributed by atoms with Crippen LogP contribution in [0.15, 0.2) is 42.6 Å². The first kappa shape index (κ1) is 16.1. The van der Waals surface area contributed by atoms with E-state index in [2.05, 4.69) is 4.98 Å². The maximum Gasteiger partial charge on any atom is 0.255 e. The molecule has 0 saturated heterocycles. The Morgan fingerprint density at radius 2 is 1.92 bits per heavy atom. The Morgan fingerprint density at radius 3 is 2.58 bits per heavy atom. The quantitative estimate of drug-likeness (QED) is 0.860. The highest BCUT2D eigenvalue weighted by Gasteiger charge is 2.24. The van der Waals surface area contributed by atoms with E-state index in [0.717, 1.165) is 11.6 Å². The van der Waals surface area contributed by atoms with Gasteiger partial charge in [0, 0.05) is 27.3 Å². The molecule has 0 spiro atoms. The zero-order valence-corrected chi connectivity index (χ0v) is 14.1. The van der Waals surface area contributed by atoms with Gasteiger partial charge in [-0.2, -0.15) is 0 Å². The molecule has 1 aliphatic heterocycles. The summed E-state index contributed by atoms with van der Waals surface area (Å²) in [6.07, 6.45) is 1.41. The molecular formula is C18H21N3O3. The van der Waals surface area contributed by atoms with Gasteiger partial charge in [-0.3, -0.25) is 4.79 Å². The van der Waals surface area contributed by atoms with Crippen LogP contribution in [0.25, 0.3) is 0 Å². The van der Waals surface area contributed by atoms with E-state index in [9.17, 15) is 4.79 Å². The minimum Gasteiger partial charge on any atom is -0.486 e. The number of likely N-dealkylation sites (N-methyl/N-ethyl adjacent to an activating group) is 1. The first-order valence-electron chi connectivity index (χ1n) is 7.82. The lowest BCUT2D eigenvalue weighted by Crippen LogP contribution is -2.41. The van der Waals surface area contributed by atoms with Crippen LogP contribution in [0.1, 0.15) is 10.4 Å². The van der Waals surface area contributed by atoms with Crippen molar-refractivity contribution in [1.82, 2.24) is 9.88 Å². The van der Waals surface area contributed by atoms with Gasteiger partial charge < -0.3 is 19.3 Å². The summed E-state index contributed by atoms with van der Waals surface area (Å²) in [7, 11) is 5.58. The van der Waals surface area contributed by atoms with E-state index in [1.54, 1.807) is 24.2 Å². The van der Waals surface area contributed by atoms with Gasteiger partial charge in [-0.15, -0.1) is 0 Å². The van der Waals surface area contributed by atoms with Crippen LogP contribution in [0.5, 0.6) is 11.5 Å². The molecule has 6 nitrogen and oxygen atoms in total. The van der Waals surface area contributed by atoms with Gasteiger partial charge in [0.05, 0.1) is 12.1 Å². The third kappa shape index (κ3) is 3.42. The smallest absolute Gasteiger partial charge is 0.255 e. The van der Waals surface area contributed by atoms with Crippen molar-refractivity contribution in [1.29, 1.82) is 0 Å². The number of anilines is 1. The molecule has 126 valence electrons. The van der Waals surface area contributed by atoms with Gasteiger partial charge in [0.1, 0.15) is 12.4 Å². The van der Waals surface area contributed by atoms with E-state index in [4.69, 9.17) is 9.47 Å². The van der Waals surface area contributed by atoms with Crippen molar-refractivity contribution >= 4 is 11.7 Å². The highest BCUT2D eigenvalue weighted by molar-refractivity contribution is 5.93. The second-order valence-electron chi connectivity index (χ2n) is 5.98. The molecule has 0 aliphatic carbocycles. The van der Waals surface area contributed by atoms with Gasteiger partial charge in [0.25, 0.3) is 5.91 Å². The molecule has 0 bridgehead atoms. The van der Waals surface area contributed by atoms with Gasteiger partial charge in [-0.25, -0.2) is 4.98 Å². The van der Waals surface area contributed by atoms with Crippen LogP contribution >= 0.6 is 0 Å². The van der Waals surface area contributed by atoms with E-state index >= 15 is 0 Å². The molecule has 0 unspecified atom stereocenters. The number of benzene rings is 1. The third-order valence-corrected chi connectivity index (χ3v) is 3.84. The van der Waals surface area contributed by atoms with E-state index in [1.807, 2.05) is 49.3 Å². The fraction of sp³-hybridized carbons (Fsp3) is 0.333. The molecule has 2 heterocycles. The number of carbonyl (C=O) groups excluding carboxylic acids is 1. The molecule has 0 saturated carbocycles. The van der Waals surface area contributed by atoms with Crippen molar-refractivity contribution in [2.75, 3.05) is 39.2 Å². The molecule has 24 heavy (non-hydrogen) atoms. The van der Waals surface area contributed by atoms with Crippen molar-refractivity contribution in [3.63, 3.8) is 0 Å². The molecule has 2 aromatic rings. The summed E-state index contributed by atoms with van der Waals surface area (Å²) in [5.41, 5.74) is 0.556. The predicted octanol–water partition coefficient (Wildman–Crippen LogP) is 2.06. The molecule has 1 aromatic carbocycles. The maximum absolute atomic E-state index is 12.5. The topological polar surface area (TPSA) is 54.9 Å². The Hall–Kier alpha value is -2.76. The molecule has 1 amide bonds. The number of hydrogen-bond donors (Lipinski definition) is 0. The monoisotopic (exact) mass is 327 g/mol. The number of rotatable bonds is 4. The molecule has 0 N–H and O–H groups in total. The molecule has 6 heteroatoms. The minimum atomic E-state index is -0.192. The summed E-state index contributed by atoms with van der Waals surface area (Å²) < 4.78 is 11.6. The van der Waals surface area contributed by atoms with Crippen LogP contribution in [0.3, 0.4) is 0 Å². The summed E-state index contributed by atoms with van der Waals surface area (Å²) in [5, 5.41) is 0. The third-order valence-electron chi connectivity index (χ3n) is 3.84. The molecule has 3 rings (SSSR count). The second-order valence-corrected chi connectivity index (χ2v) is 5.98. The van der Waals surface area contributed by atoms with Gasteiger partial charge in [-0.05, 0) is 24.3 Å². The summed E-state index contributed by atoms with van der Waals surface area (Å²) in [5.74, 6) is 2.18. The Bertz CT molecular complexity index is 716. The average Bonchev–Trinajstić information content (AvgIpc) is 2.61. The molecule has 1 aromatic heterocycles. The number of fused-ring (bicyclic) bond motifs is 1. The van der Waals surface area contributed by atoms with E-state index in [0.29, 0.717) is 24.5 Å². The number of ether oxygens (including phenoxy) is 2. The largest absolute Gasteiger partial charge is 0.486 e. The van der Waals surface area contributed by atoms with Crippen molar-refractivity contribution in [2.45, 2.75) is 6.10 Å². The molecule has 0 radical (unpaired) electrons. The van der Waals surface area contributed by atoms with Crippen molar-refractivity contribution in [3.8, 4) is 11.5 Å². The van der Waals surface area contributed by atoms with Crippen molar-refractivity contribution < 1.29 is 14.3 Å². The summed E-state index contributed by atoms with van der Waals surface area (Å²) in [4.78, 5) is 20.3. The van der Waals surface area contributed by atoms with Gasteiger partial charge in [0.2, 0.25) is 0 Å². The Morgan fingerprint density at radius 1 is 1.17 bits per heavy atom. The standard InChI is InChI=1S/C18H21N3O3/c1-20(2)17-9-8-13(10-19-17)18(22)21(3)11-14-12-23-15-6-4-5-7-16(15)24-14/h4-10,14H,11-12H2,1-3H3/t14-/m1/s1. The predicted molar refractivity (Wildman–Crippen MR) is 91.9 cm³/mol. The normalized spacial score (nSPS) is 15.7. The lowest BCUT2D eigenvalue weighted by Gasteiger charge is -2.29. The number of nitrogens with zero attached hydrogens (tertiary/aromatic N) is 3. The van der Waals surface area contributed by atoms with Crippen LogP contribution in [0.2, 0.25) is 0 Å². The van der Waals surface area contributed by atoms with Crippen LogP contribution in [0, 0.1) is 0 Å². The number of para-hydroxylation sites is 2. The van der Waals surface area contributed by atoms with E-state index in [1.165, 1.54) is 0 Å². The number of hydrogen-bond acceptors (Lipinski definition) is 5. The Balaban J connectivity index is 1.62. The lowest BCUT2D eigenvalue weighted by atomic mass is 10.2. The van der Waals surface area contributed by atoms with E-state index in [-0.39, 0.29) is 12.0 Å². The molecule has 0 fully saturated rings. The van der Waals surface area contributed by atoms with Crippen LogP contribution in [0.4, 0.5) is 5.82 Å². The minimum absolute atomic E-state index is 0.0877. The van der Waals surface area contributed by atoms with E-state index < -0.39 is 0 Å². The zero-order chi connectivity index (χ0) is 17.1. The average molecular weight is 327 g/mol. The Kier molecular flexibility index (Phi) is 4.55. The van der Waals surface area contributed by atoms with Crippen molar-refractivity contribution in [2.24, 2.45) is 0 Å². The van der Waals surface area contributed by atoms with Crippen LogP contribution in [-0.2, 0) is 0 Å². The summed E-state index contributed by atoms with van der Waals surface area (Å²) in [6.45, 7) is 0.870. The highest BCUT2D eigenvalue weighted by atomic mass is 16.6. The van der Waals surface area contributed by atoms with Gasteiger partial charge in [-0.1, -0.05) is 12.1 Å². The maximum atomic E-state index is 12.5. The fourth-order valence-electron chi connectivity index (χ4n) is 2.54. The second kappa shape index (κ2) is 6.78. The fourth-order valence-corrected chi connectivity index (χ4v) is 2.54. The van der Waals surface area contributed by atoms with Gasteiger partial charge >= 0.3 is 0 Å². The molecule has 1 aliphatic rings. The summed E-state index contributed by atoms with van der Waals surface area (Å²) in [6, 6.07) is 11.2. The number of pyridine rings is 1. The number of amides is 1. The van der Waals surface area contributed by atoms with Gasteiger partial charge in [0.15, 0.2) is 17.6 Å². The highest BCUT2D eigenvalue weighted by Crippen LogP contribution is 2.31. The lowest BCUT2D eigenvalue weighted by molar-refractivity contribution is 0.0520. The molecule has 1 atom stereocenters. The van der Waals surface area contributed by atoms with Crippen LogP contribution in [-0.4, -0.2) is 56.2 Å². The van der Waals surface area contributed by atoms with Crippen molar-refractivity contribution in [3.05, 3.63) is 48.2 Å². The SMILES string of the molecule is CN(C[C@@H]1COc2ccccc2O1)C(=O)c1ccc(N(C)C)nc1. The molecular weight excluding hydrogens is 306 g/mol. The summed E-state index contributed by atoms with van der Waals surface area (Å²) >= 11 is 0. The first-order valence-corrected chi connectivity index (χ1v) is 7.82. The first-order chi connectivity index (χ1) is 11.5.